The number of sulfone groups is 1. The molecule has 0 radical (unpaired) electrons. The zero-order chi connectivity index (χ0) is 23.4. The second-order valence-electron chi connectivity index (χ2n) is 6.83. The van der Waals surface area contributed by atoms with Gasteiger partial charge in [-0.1, -0.05) is 35.9 Å². The maximum Gasteiger partial charge on any atom is 0.297 e. The van der Waals surface area contributed by atoms with E-state index >= 15 is 0 Å². The summed E-state index contributed by atoms with van der Waals surface area (Å²) >= 11 is 0. The zero-order valence-electron chi connectivity index (χ0n) is 17.2. The number of ether oxygens (including phenoxy) is 1. The third-order valence-corrected chi connectivity index (χ3v) is 7.47. The van der Waals surface area contributed by atoms with Crippen LogP contribution >= 0.6 is 0 Å². The zero-order valence-corrected chi connectivity index (χ0v) is 18.8. The van der Waals surface area contributed by atoms with Crippen LogP contribution in [0.15, 0.2) is 82.6 Å². The normalized spacial score (nSPS) is 11.8. The molecule has 0 fully saturated rings. The summed E-state index contributed by atoms with van der Waals surface area (Å²) in [5.74, 6) is 0.221. The van der Waals surface area contributed by atoms with E-state index in [1.807, 2.05) is 6.92 Å². The van der Waals surface area contributed by atoms with Gasteiger partial charge in [0, 0.05) is 11.3 Å². The van der Waals surface area contributed by atoms with Gasteiger partial charge in [0.15, 0.2) is 5.04 Å². The summed E-state index contributed by atoms with van der Waals surface area (Å²) in [4.78, 5) is 0.0165. The molecule has 0 atom stereocenters. The van der Waals surface area contributed by atoms with E-state index in [-0.39, 0.29) is 40.0 Å². The first-order chi connectivity index (χ1) is 15.1. The Labute approximate surface area is 187 Å². The van der Waals surface area contributed by atoms with Crippen molar-refractivity contribution < 1.29 is 25.8 Å². The molecule has 0 saturated heterocycles. The third kappa shape index (κ3) is 5.34. The van der Waals surface area contributed by atoms with Gasteiger partial charge in [0.25, 0.3) is 10.1 Å². The highest BCUT2D eigenvalue weighted by molar-refractivity contribution is 8.06. The summed E-state index contributed by atoms with van der Waals surface area (Å²) < 4.78 is 60.3. The molecular weight excluding hydrogens is 452 g/mol. The number of nitrogens with two attached hydrogens (primary N) is 1. The molecule has 0 aromatic heterocycles. The van der Waals surface area contributed by atoms with Crippen LogP contribution in [-0.4, -0.2) is 35.1 Å². The lowest BCUT2D eigenvalue weighted by atomic mass is 10.2. The van der Waals surface area contributed by atoms with Crippen LogP contribution in [0.2, 0.25) is 0 Å². The lowest BCUT2D eigenvalue weighted by Gasteiger charge is -2.12. The van der Waals surface area contributed by atoms with Crippen molar-refractivity contribution in [1.29, 1.82) is 5.41 Å². The van der Waals surface area contributed by atoms with Crippen molar-refractivity contribution in [2.75, 3.05) is 18.9 Å². The third-order valence-electron chi connectivity index (χ3n) is 4.49. The highest BCUT2D eigenvalue weighted by Crippen LogP contribution is 2.25. The fourth-order valence-corrected chi connectivity index (χ4v) is 4.87. The average molecular weight is 475 g/mol. The molecule has 168 valence electrons. The monoisotopic (exact) mass is 474 g/mol. The van der Waals surface area contributed by atoms with Crippen molar-refractivity contribution in [2.45, 2.75) is 16.7 Å². The van der Waals surface area contributed by atoms with E-state index in [0.717, 1.165) is 5.56 Å². The molecule has 8 nitrogen and oxygen atoms in total. The van der Waals surface area contributed by atoms with E-state index in [9.17, 15) is 16.8 Å². The van der Waals surface area contributed by atoms with Gasteiger partial charge in [0.05, 0.1) is 9.79 Å². The highest BCUT2D eigenvalue weighted by atomic mass is 32.2. The summed E-state index contributed by atoms with van der Waals surface area (Å²) in [6, 6.07) is 18.1. The van der Waals surface area contributed by atoms with Gasteiger partial charge in [-0.25, -0.2) is 8.42 Å². The fraction of sp³-hybridized carbons (Fsp3) is 0.136. The van der Waals surface area contributed by atoms with Crippen molar-refractivity contribution in [3.63, 3.8) is 0 Å². The van der Waals surface area contributed by atoms with Crippen LogP contribution in [0.5, 0.6) is 5.75 Å². The standard InChI is InChI=1S/C22H22N2O6S2/c1-16-7-10-19(11-8-16)32(27,28)30-14-13-29-17-9-12-21(23)20(15-17)22(24)31(25,26)18-5-3-2-4-6-18/h2-12,15,24H,13-14,23H2,1H3. The summed E-state index contributed by atoms with van der Waals surface area (Å²) in [6.07, 6.45) is 0. The number of benzene rings is 3. The Morgan fingerprint density at radius 1 is 0.875 bits per heavy atom. The van der Waals surface area contributed by atoms with E-state index in [1.54, 1.807) is 30.3 Å². The number of nitrogen functional groups attached to an aromatic ring is 1. The number of rotatable bonds is 8. The number of hydrogen-bond acceptors (Lipinski definition) is 8. The molecule has 3 N–H and O–H groups in total. The van der Waals surface area contributed by atoms with Crippen LogP contribution in [0, 0.1) is 12.3 Å². The lowest BCUT2D eigenvalue weighted by molar-refractivity contribution is 0.221. The summed E-state index contributed by atoms with van der Waals surface area (Å²) in [5.41, 5.74) is 6.89. The Bertz CT molecular complexity index is 1320. The highest BCUT2D eigenvalue weighted by Gasteiger charge is 2.24. The van der Waals surface area contributed by atoms with Crippen molar-refractivity contribution in [3.8, 4) is 5.75 Å². The van der Waals surface area contributed by atoms with Gasteiger partial charge in [-0.3, -0.25) is 9.59 Å². The minimum absolute atomic E-state index is 0.0143. The van der Waals surface area contributed by atoms with Gasteiger partial charge in [-0.05, 0) is 49.4 Å². The van der Waals surface area contributed by atoms with Crippen LogP contribution in [0.4, 0.5) is 5.69 Å². The molecule has 0 heterocycles. The number of anilines is 1. The molecule has 0 aliphatic carbocycles. The average Bonchev–Trinajstić information content (AvgIpc) is 2.78. The molecule has 0 amide bonds. The van der Waals surface area contributed by atoms with Gasteiger partial charge in [0.1, 0.15) is 19.0 Å². The molecular formula is C22H22N2O6S2. The van der Waals surface area contributed by atoms with Crippen LogP contribution < -0.4 is 10.5 Å². The summed E-state index contributed by atoms with van der Waals surface area (Å²) in [6.45, 7) is 1.47. The first kappa shape index (κ1) is 23.5. The van der Waals surface area contributed by atoms with Crippen LogP contribution in [-0.2, 0) is 24.1 Å². The van der Waals surface area contributed by atoms with E-state index in [0.29, 0.717) is 0 Å². The number of hydrogen-bond donors (Lipinski definition) is 2. The predicted octanol–water partition coefficient (Wildman–Crippen LogP) is 3.16. The van der Waals surface area contributed by atoms with Gasteiger partial charge < -0.3 is 10.5 Å². The minimum Gasteiger partial charge on any atom is -0.491 e. The maximum atomic E-state index is 12.7. The van der Waals surface area contributed by atoms with E-state index in [4.69, 9.17) is 20.1 Å². The molecule has 0 unspecified atom stereocenters. The summed E-state index contributed by atoms with van der Waals surface area (Å²) in [7, 11) is -7.99. The molecule has 0 bridgehead atoms. The van der Waals surface area contributed by atoms with Crippen molar-refractivity contribution in [3.05, 3.63) is 83.9 Å². The first-order valence-corrected chi connectivity index (χ1v) is 12.4. The van der Waals surface area contributed by atoms with Gasteiger partial charge >= 0.3 is 0 Å². The second kappa shape index (κ2) is 9.51. The molecule has 3 aromatic rings. The Morgan fingerprint density at radius 3 is 2.19 bits per heavy atom. The van der Waals surface area contributed by atoms with Gasteiger partial charge in [-0.15, -0.1) is 0 Å². The molecule has 3 aromatic carbocycles. The molecule has 10 heteroatoms. The van der Waals surface area contributed by atoms with Crippen molar-refractivity contribution in [1.82, 2.24) is 0 Å². The molecule has 0 spiro atoms. The van der Waals surface area contributed by atoms with Gasteiger partial charge in [0.2, 0.25) is 9.84 Å². The molecule has 0 aliphatic heterocycles. The number of aryl methyl sites for hydroxylation is 1. The molecule has 0 saturated carbocycles. The second-order valence-corrected chi connectivity index (χ2v) is 10.3. The molecule has 3 rings (SSSR count). The first-order valence-electron chi connectivity index (χ1n) is 9.49. The largest absolute Gasteiger partial charge is 0.491 e. The van der Waals surface area contributed by atoms with E-state index < -0.39 is 25.0 Å². The Kier molecular flexibility index (Phi) is 6.97. The topological polar surface area (TPSA) is 137 Å². The molecule has 0 aliphatic rings. The Balaban J connectivity index is 1.67. The van der Waals surface area contributed by atoms with Crippen LogP contribution in [0.1, 0.15) is 11.1 Å². The quantitative estimate of drug-likeness (QED) is 0.168. The number of nitrogens with one attached hydrogen (secondary N) is 1. The Hall–Kier alpha value is -3.21. The van der Waals surface area contributed by atoms with E-state index in [2.05, 4.69) is 0 Å². The minimum atomic E-state index is -4.07. The van der Waals surface area contributed by atoms with E-state index in [1.165, 1.54) is 42.5 Å². The SMILES string of the molecule is Cc1ccc(S(=O)(=O)OCCOc2ccc(N)c(C(=N)S(=O)(=O)c3ccccc3)c2)cc1. The van der Waals surface area contributed by atoms with Gasteiger partial charge in [-0.2, -0.15) is 8.42 Å². The van der Waals surface area contributed by atoms with Crippen LogP contribution in [0.25, 0.3) is 0 Å². The fourth-order valence-electron chi connectivity index (χ4n) is 2.76. The predicted molar refractivity (Wildman–Crippen MR) is 121 cm³/mol. The van der Waals surface area contributed by atoms with Crippen molar-refractivity contribution >= 4 is 30.7 Å². The molecule has 32 heavy (non-hydrogen) atoms. The lowest BCUT2D eigenvalue weighted by Crippen LogP contribution is -2.17. The smallest absolute Gasteiger partial charge is 0.297 e. The summed E-state index contributed by atoms with van der Waals surface area (Å²) in [5, 5.41) is 7.52. The maximum absolute atomic E-state index is 12.7. The Morgan fingerprint density at radius 2 is 1.53 bits per heavy atom. The van der Waals surface area contributed by atoms with Crippen molar-refractivity contribution in [2.24, 2.45) is 0 Å². The van der Waals surface area contributed by atoms with Crippen LogP contribution in [0.3, 0.4) is 0 Å².